The SMILES string of the molecule is COC(CC[N+](C)(C)C1CCCCC1)OC. The molecule has 16 heavy (non-hydrogen) atoms. The zero-order valence-electron chi connectivity index (χ0n) is 11.4. The molecule has 0 aliphatic heterocycles. The number of rotatable bonds is 6. The van der Waals surface area contributed by atoms with E-state index in [1.165, 1.54) is 32.1 Å². The average Bonchev–Trinajstić information content (AvgIpc) is 2.31. The van der Waals surface area contributed by atoms with Crippen molar-refractivity contribution >= 4 is 0 Å². The highest BCUT2D eigenvalue weighted by Crippen LogP contribution is 2.26. The molecule has 1 rings (SSSR count). The van der Waals surface area contributed by atoms with Crippen LogP contribution in [0.1, 0.15) is 38.5 Å². The van der Waals surface area contributed by atoms with Crippen molar-refractivity contribution in [3.05, 3.63) is 0 Å². The number of hydrogen-bond acceptors (Lipinski definition) is 2. The molecule has 0 spiro atoms. The van der Waals surface area contributed by atoms with Gasteiger partial charge in [0.05, 0.1) is 26.7 Å². The summed E-state index contributed by atoms with van der Waals surface area (Å²) >= 11 is 0. The molecular weight excluding hydrogens is 202 g/mol. The van der Waals surface area contributed by atoms with Gasteiger partial charge < -0.3 is 14.0 Å². The van der Waals surface area contributed by atoms with Gasteiger partial charge in [0.25, 0.3) is 0 Å². The monoisotopic (exact) mass is 230 g/mol. The topological polar surface area (TPSA) is 18.5 Å². The van der Waals surface area contributed by atoms with Crippen molar-refractivity contribution in [2.24, 2.45) is 0 Å². The Labute approximate surface area is 100 Å². The fourth-order valence-electron chi connectivity index (χ4n) is 2.73. The molecule has 1 saturated carbocycles. The summed E-state index contributed by atoms with van der Waals surface area (Å²) < 4.78 is 11.6. The van der Waals surface area contributed by atoms with Crippen LogP contribution in [0.15, 0.2) is 0 Å². The molecule has 0 heterocycles. The molecule has 0 radical (unpaired) electrons. The third-order valence-corrected chi connectivity index (χ3v) is 4.03. The van der Waals surface area contributed by atoms with Gasteiger partial charge in [-0.25, -0.2) is 0 Å². The van der Waals surface area contributed by atoms with E-state index in [0.29, 0.717) is 0 Å². The summed E-state index contributed by atoms with van der Waals surface area (Å²) in [7, 11) is 8.13. The van der Waals surface area contributed by atoms with Crippen LogP contribution in [-0.4, -0.2) is 51.7 Å². The van der Waals surface area contributed by atoms with E-state index in [-0.39, 0.29) is 6.29 Å². The fraction of sp³-hybridized carbons (Fsp3) is 1.00. The van der Waals surface area contributed by atoms with E-state index in [4.69, 9.17) is 9.47 Å². The normalized spacial score (nSPS) is 19.3. The Morgan fingerprint density at radius 3 is 2.12 bits per heavy atom. The van der Waals surface area contributed by atoms with E-state index in [0.717, 1.165) is 23.5 Å². The van der Waals surface area contributed by atoms with Gasteiger partial charge in [-0.15, -0.1) is 0 Å². The largest absolute Gasteiger partial charge is 0.356 e. The summed E-state index contributed by atoms with van der Waals surface area (Å²) in [6, 6.07) is 0.836. The van der Waals surface area contributed by atoms with Crippen LogP contribution in [0, 0.1) is 0 Å². The minimum absolute atomic E-state index is 0.0407. The second-order valence-electron chi connectivity index (χ2n) is 5.48. The van der Waals surface area contributed by atoms with Crippen LogP contribution in [0.2, 0.25) is 0 Å². The predicted molar refractivity (Wildman–Crippen MR) is 66.3 cm³/mol. The standard InChI is InChI=1S/C13H28NO2/c1-14(2,11-10-13(15-3)16-4)12-8-6-5-7-9-12/h12-13H,5-11H2,1-4H3/q+1. The number of hydrogen-bond donors (Lipinski definition) is 0. The highest BCUT2D eigenvalue weighted by atomic mass is 16.7. The Balaban J connectivity index is 2.37. The lowest BCUT2D eigenvalue weighted by molar-refractivity contribution is -0.917. The smallest absolute Gasteiger partial charge is 0.162 e. The van der Waals surface area contributed by atoms with Crippen LogP contribution in [0.4, 0.5) is 0 Å². The number of ether oxygens (including phenoxy) is 2. The molecule has 1 fully saturated rings. The lowest BCUT2D eigenvalue weighted by Crippen LogP contribution is -2.51. The molecule has 0 N–H and O–H groups in total. The van der Waals surface area contributed by atoms with Gasteiger partial charge in [-0.2, -0.15) is 0 Å². The van der Waals surface area contributed by atoms with Gasteiger partial charge in [0.2, 0.25) is 0 Å². The Hall–Kier alpha value is -0.120. The summed E-state index contributed by atoms with van der Waals surface area (Å²) in [4.78, 5) is 0. The second-order valence-corrected chi connectivity index (χ2v) is 5.48. The van der Waals surface area contributed by atoms with Gasteiger partial charge >= 0.3 is 0 Å². The van der Waals surface area contributed by atoms with Crippen LogP contribution >= 0.6 is 0 Å². The zero-order chi connectivity index (χ0) is 12.0. The van der Waals surface area contributed by atoms with Gasteiger partial charge in [0, 0.05) is 20.6 Å². The van der Waals surface area contributed by atoms with Crippen molar-refractivity contribution < 1.29 is 14.0 Å². The molecule has 0 amide bonds. The van der Waals surface area contributed by atoms with E-state index in [9.17, 15) is 0 Å². The molecule has 0 unspecified atom stereocenters. The number of methoxy groups -OCH3 is 2. The molecule has 0 aromatic carbocycles. The molecule has 0 saturated heterocycles. The van der Waals surface area contributed by atoms with Crippen molar-refractivity contribution in [3.8, 4) is 0 Å². The Bertz CT molecular complexity index is 184. The third kappa shape index (κ3) is 4.04. The first-order valence-electron chi connectivity index (χ1n) is 6.48. The summed E-state index contributed by atoms with van der Waals surface area (Å²) in [5.41, 5.74) is 0. The maximum atomic E-state index is 5.25. The van der Waals surface area contributed by atoms with Gasteiger partial charge in [-0.05, 0) is 25.7 Å². The van der Waals surface area contributed by atoms with Crippen molar-refractivity contribution in [1.82, 2.24) is 0 Å². The molecule has 0 bridgehead atoms. The predicted octanol–water partition coefficient (Wildman–Crippen LogP) is 2.40. The van der Waals surface area contributed by atoms with Gasteiger partial charge in [-0.1, -0.05) is 6.42 Å². The third-order valence-electron chi connectivity index (χ3n) is 4.03. The van der Waals surface area contributed by atoms with Crippen LogP contribution in [-0.2, 0) is 9.47 Å². The zero-order valence-corrected chi connectivity index (χ0v) is 11.4. The van der Waals surface area contributed by atoms with Gasteiger partial charge in [0.1, 0.15) is 0 Å². The summed E-state index contributed by atoms with van der Waals surface area (Å²) in [5, 5.41) is 0. The van der Waals surface area contributed by atoms with E-state index < -0.39 is 0 Å². The fourth-order valence-corrected chi connectivity index (χ4v) is 2.73. The maximum absolute atomic E-state index is 5.25. The van der Waals surface area contributed by atoms with E-state index in [1.807, 2.05) is 0 Å². The first-order chi connectivity index (χ1) is 7.60. The van der Waals surface area contributed by atoms with E-state index in [2.05, 4.69) is 14.1 Å². The summed E-state index contributed by atoms with van der Waals surface area (Å²) in [6.45, 7) is 1.14. The van der Waals surface area contributed by atoms with E-state index in [1.54, 1.807) is 14.2 Å². The van der Waals surface area contributed by atoms with Crippen molar-refractivity contribution in [2.45, 2.75) is 50.9 Å². The van der Waals surface area contributed by atoms with Gasteiger partial charge in [-0.3, -0.25) is 0 Å². The molecule has 1 aliphatic carbocycles. The Morgan fingerprint density at radius 1 is 1.06 bits per heavy atom. The molecular formula is C13H28NO2+. The maximum Gasteiger partial charge on any atom is 0.162 e. The van der Waals surface area contributed by atoms with Crippen LogP contribution < -0.4 is 0 Å². The first kappa shape index (κ1) is 13.9. The van der Waals surface area contributed by atoms with Crippen molar-refractivity contribution in [1.29, 1.82) is 0 Å². The van der Waals surface area contributed by atoms with Crippen molar-refractivity contribution in [3.63, 3.8) is 0 Å². The molecule has 3 nitrogen and oxygen atoms in total. The minimum atomic E-state index is -0.0407. The minimum Gasteiger partial charge on any atom is -0.356 e. The molecule has 96 valence electrons. The highest BCUT2D eigenvalue weighted by molar-refractivity contribution is 4.66. The molecule has 3 heteroatoms. The van der Waals surface area contributed by atoms with E-state index >= 15 is 0 Å². The number of nitrogens with zero attached hydrogens (tertiary/aromatic N) is 1. The highest BCUT2D eigenvalue weighted by Gasteiger charge is 2.30. The van der Waals surface area contributed by atoms with Crippen LogP contribution in [0.5, 0.6) is 0 Å². The summed E-state index contributed by atoms with van der Waals surface area (Å²) in [6.07, 6.45) is 7.95. The number of quaternary nitrogens is 1. The molecule has 0 atom stereocenters. The summed E-state index contributed by atoms with van der Waals surface area (Å²) in [5.74, 6) is 0. The lowest BCUT2D eigenvalue weighted by atomic mass is 9.93. The first-order valence-corrected chi connectivity index (χ1v) is 6.48. The average molecular weight is 230 g/mol. The Morgan fingerprint density at radius 2 is 1.62 bits per heavy atom. The lowest BCUT2D eigenvalue weighted by Gasteiger charge is -2.40. The molecule has 1 aliphatic rings. The van der Waals surface area contributed by atoms with Crippen LogP contribution in [0.3, 0.4) is 0 Å². The van der Waals surface area contributed by atoms with Crippen molar-refractivity contribution in [2.75, 3.05) is 34.9 Å². The molecule has 0 aromatic rings. The van der Waals surface area contributed by atoms with Gasteiger partial charge in [0.15, 0.2) is 6.29 Å². The Kier molecular flexibility index (Phi) is 5.73. The quantitative estimate of drug-likeness (QED) is 0.515. The van der Waals surface area contributed by atoms with Crippen LogP contribution in [0.25, 0.3) is 0 Å². The molecule has 0 aromatic heterocycles. The second kappa shape index (κ2) is 6.58.